The first kappa shape index (κ1) is 15.4. The Kier molecular flexibility index (Phi) is 5.28. The van der Waals surface area contributed by atoms with E-state index in [2.05, 4.69) is 5.32 Å². The van der Waals surface area contributed by atoms with Crippen LogP contribution in [0, 0.1) is 11.6 Å². The lowest BCUT2D eigenvalue weighted by molar-refractivity contribution is 0.317. The predicted octanol–water partition coefficient (Wildman–Crippen LogP) is 4.06. The van der Waals surface area contributed by atoms with Gasteiger partial charge in [-0.2, -0.15) is 0 Å². The normalized spacial score (nSPS) is 12.2. The zero-order valence-corrected chi connectivity index (χ0v) is 12.2. The molecular formula is C17H19F2NO. The third kappa shape index (κ3) is 3.79. The molecule has 0 bridgehead atoms. The van der Waals surface area contributed by atoms with Crippen LogP contribution in [-0.2, 0) is 0 Å². The molecule has 0 aromatic heterocycles. The highest BCUT2D eigenvalue weighted by atomic mass is 19.2. The summed E-state index contributed by atoms with van der Waals surface area (Å²) >= 11 is 0. The molecule has 0 aliphatic rings. The van der Waals surface area contributed by atoms with Gasteiger partial charge in [-0.3, -0.25) is 0 Å². The van der Waals surface area contributed by atoms with Gasteiger partial charge >= 0.3 is 0 Å². The van der Waals surface area contributed by atoms with Crippen LogP contribution in [0.4, 0.5) is 8.78 Å². The Hall–Kier alpha value is -1.94. The number of ether oxygens (including phenoxy) is 1. The first-order valence-corrected chi connectivity index (χ1v) is 7.00. The van der Waals surface area contributed by atoms with Crippen LogP contribution in [0.2, 0.25) is 0 Å². The minimum atomic E-state index is -0.842. The molecule has 2 aromatic rings. The maximum absolute atomic E-state index is 13.4. The van der Waals surface area contributed by atoms with Gasteiger partial charge in [0.1, 0.15) is 5.75 Å². The number of rotatable bonds is 6. The SMILES string of the molecule is CCCOc1cccc(C(NC)c2ccc(F)c(F)c2)c1. The van der Waals surface area contributed by atoms with Crippen molar-refractivity contribution in [1.82, 2.24) is 5.32 Å². The fourth-order valence-electron chi connectivity index (χ4n) is 2.22. The average Bonchev–Trinajstić information content (AvgIpc) is 2.50. The quantitative estimate of drug-likeness (QED) is 0.866. The summed E-state index contributed by atoms with van der Waals surface area (Å²) in [4.78, 5) is 0. The Morgan fingerprint density at radius 2 is 1.81 bits per heavy atom. The molecule has 0 saturated heterocycles. The van der Waals surface area contributed by atoms with Gasteiger partial charge in [0.2, 0.25) is 0 Å². The molecule has 0 saturated carbocycles. The Morgan fingerprint density at radius 1 is 1.05 bits per heavy atom. The van der Waals surface area contributed by atoms with Gasteiger partial charge in [0, 0.05) is 0 Å². The number of hydrogen-bond acceptors (Lipinski definition) is 2. The molecule has 0 heterocycles. The minimum Gasteiger partial charge on any atom is -0.494 e. The minimum absolute atomic E-state index is 0.217. The molecule has 4 heteroatoms. The van der Waals surface area contributed by atoms with Crippen molar-refractivity contribution in [2.45, 2.75) is 19.4 Å². The van der Waals surface area contributed by atoms with Gasteiger partial charge in [-0.15, -0.1) is 0 Å². The van der Waals surface area contributed by atoms with Gasteiger partial charge in [-0.1, -0.05) is 25.1 Å². The number of benzene rings is 2. The largest absolute Gasteiger partial charge is 0.494 e. The molecule has 0 amide bonds. The Bertz CT molecular complexity index is 601. The molecule has 112 valence electrons. The highest BCUT2D eigenvalue weighted by Gasteiger charge is 2.14. The average molecular weight is 291 g/mol. The summed E-state index contributed by atoms with van der Waals surface area (Å²) in [6, 6.07) is 11.4. The fraction of sp³-hybridized carbons (Fsp3) is 0.294. The highest BCUT2D eigenvalue weighted by molar-refractivity contribution is 5.37. The van der Waals surface area contributed by atoms with E-state index in [-0.39, 0.29) is 6.04 Å². The Morgan fingerprint density at radius 3 is 2.48 bits per heavy atom. The molecule has 1 atom stereocenters. The van der Waals surface area contributed by atoms with Crippen molar-refractivity contribution >= 4 is 0 Å². The van der Waals surface area contributed by atoms with Crippen molar-refractivity contribution in [1.29, 1.82) is 0 Å². The van der Waals surface area contributed by atoms with Crippen LogP contribution in [0.15, 0.2) is 42.5 Å². The molecule has 0 spiro atoms. The fourth-order valence-corrected chi connectivity index (χ4v) is 2.22. The van der Waals surface area contributed by atoms with Gasteiger partial charge in [0.15, 0.2) is 11.6 Å². The van der Waals surface area contributed by atoms with Gasteiger partial charge in [-0.05, 0) is 48.9 Å². The van der Waals surface area contributed by atoms with Crippen molar-refractivity contribution in [3.05, 3.63) is 65.2 Å². The van der Waals surface area contributed by atoms with Gasteiger partial charge in [0.05, 0.1) is 12.6 Å². The van der Waals surface area contributed by atoms with Gasteiger partial charge in [-0.25, -0.2) is 8.78 Å². The lowest BCUT2D eigenvalue weighted by Gasteiger charge is -2.18. The van der Waals surface area contributed by atoms with E-state index >= 15 is 0 Å². The topological polar surface area (TPSA) is 21.3 Å². The van der Waals surface area contributed by atoms with E-state index in [1.54, 1.807) is 13.1 Å². The van der Waals surface area contributed by atoms with Gasteiger partial charge in [0.25, 0.3) is 0 Å². The molecule has 0 aliphatic carbocycles. The van der Waals surface area contributed by atoms with E-state index in [0.29, 0.717) is 12.2 Å². The second-order valence-electron chi connectivity index (χ2n) is 4.82. The number of halogens is 2. The summed E-state index contributed by atoms with van der Waals surface area (Å²) in [7, 11) is 1.78. The molecular weight excluding hydrogens is 272 g/mol. The second-order valence-corrected chi connectivity index (χ2v) is 4.82. The third-order valence-electron chi connectivity index (χ3n) is 3.23. The Balaban J connectivity index is 2.30. The van der Waals surface area contributed by atoms with E-state index in [9.17, 15) is 8.78 Å². The Labute approximate surface area is 123 Å². The first-order chi connectivity index (χ1) is 10.2. The molecule has 0 aliphatic heterocycles. The summed E-state index contributed by atoms with van der Waals surface area (Å²) in [5.74, 6) is -0.906. The lowest BCUT2D eigenvalue weighted by atomic mass is 9.98. The molecule has 2 aromatic carbocycles. The molecule has 21 heavy (non-hydrogen) atoms. The summed E-state index contributed by atoms with van der Waals surface area (Å²) < 4.78 is 32.1. The lowest BCUT2D eigenvalue weighted by Crippen LogP contribution is -2.18. The first-order valence-electron chi connectivity index (χ1n) is 7.00. The van der Waals surface area contributed by atoms with Crippen LogP contribution in [0.5, 0.6) is 5.75 Å². The molecule has 1 unspecified atom stereocenters. The zero-order chi connectivity index (χ0) is 15.2. The number of nitrogens with one attached hydrogen (secondary N) is 1. The molecule has 2 nitrogen and oxygen atoms in total. The second kappa shape index (κ2) is 7.18. The molecule has 1 N–H and O–H groups in total. The van der Waals surface area contributed by atoms with E-state index < -0.39 is 11.6 Å². The molecule has 2 rings (SSSR count). The zero-order valence-electron chi connectivity index (χ0n) is 12.2. The van der Waals surface area contributed by atoms with Crippen molar-refractivity contribution in [2.75, 3.05) is 13.7 Å². The van der Waals surface area contributed by atoms with Crippen molar-refractivity contribution in [2.24, 2.45) is 0 Å². The van der Waals surface area contributed by atoms with Crippen LogP contribution >= 0.6 is 0 Å². The van der Waals surface area contributed by atoms with Crippen molar-refractivity contribution < 1.29 is 13.5 Å². The van der Waals surface area contributed by atoms with E-state index in [4.69, 9.17) is 4.74 Å². The number of hydrogen-bond donors (Lipinski definition) is 1. The molecule has 0 fully saturated rings. The highest BCUT2D eigenvalue weighted by Crippen LogP contribution is 2.26. The molecule has 0 radical (unpaired) electrons. The van der Waals surface area contributed by atoms with Gasteiger partial charge < -0.3 is 10.1 Å². The maximum Gasteiger partial charge on any atom is 0.159 e. The van der Waals surface area contributed by atoms with Crippen molar-refractivity contribution in [3.8, 4) is 5.75 Å². The van der Waals surface area contributed by atoms with Crippen LogP contribution in [0.1, 0.15) is 30.5 Å². The van der Waals surface area contributed by atoms with E-state index in [1.165, 1.54) is 6.07 Å². The third-order valence-corrected chi connectivity index (χ3v) is 3.23. The summed E-state index contributed by atoms with van der Waals surface area (Å²) in [5.41, 5.74) is 1.61. The smallest absolute Gasteiger partial charge is 0.159 e. The van der Waals surface area contributed by atoms with Crippen LogP contribution in [-0.4, -0.2) is 13.7 Å². The summed E-state index contributed by atoms with van der Waals surface area (Å²) in [6.07, 6.45) is 0.933. The summed E-state index contributed by atoms with van der Waals surface area (Å²) in [6.45, 7) is 2.69. The monoisotopic (exact) mass is 291 g/mol. The van der Waals surface area contributed by atoms with Crippen LogP contribution in [0.3, 0.4) is 0 Å². The van der Waals surface area contributed by atoms with E-state index in [0.717, 1.165) is 23.8 Å². The van der Waals surface area contributed by atoms with Crippen LogP contribution < -0.4 is 10.1 Å². The van der Waals surface area contributed by atoms with Crippen LogP contribution in [0.25, 0.3) is 0 Å². The maximum atomic E-state index is 13.4. The standard InChI is InChI=1S/C17H19F2NO/c1-3-9-21-14-6-4-5-12(10-14)17(20-2)13-7-8-15(18)16(19)11-13/h4-8,10-11,17,20H,3,9H2,1-2H3. The summed E-state index contributed by atoms with van der Waals surface area (Å²) in [5, 5.41) is 3.12. The van der Waals surface area contributed by atoms with E-state index in [1.807, 2.05) is 31.2 Å². The predicted molar refractivity (Wildman–Crippen MR) is 79.5 cm³/mol. The van der Waals surface area contributed by atoms with Crippen molar-refractivity contribution in [3.63, 3.8) is 0 Å².